The van der Waals surface area contributed by atoms with E-state index >= 15 is 0 Å². The number of ether oxygens (including phenoxy) is 3. The Morgan fingerprint density at radius 3 is 2.34 bits per heavy atom. The highest BCUT2D eigenvalue weighted by Gasteiger charge is 2.45. The van der Waals surface area contributed by atoms with E-state index in [1.54, 1.807) is 0 Å². The Morgan fingerprint density at radius 2 is 1.66 bits per heavy atom. The number of aliphatic hydroxyl groups is 4. The predicted octanol–water partition coefficient (Wildman–Crippen LogP) is -0.402. The second-order valence-electron chi connectivity index (χ2n) is 7.29. The molecule has 170 valence electrons. The lowest BCUT2D eigenvalue weighted by Crippen LogP contribution is -2.60. The first-order chi connectivity index (χ1) is 15.2. The maximum Gasteiger partial charge on any atom is 0.232 e. The highest BCUT2D eigenvalue weighted by molar-refractivity contribution is 6.15. The van der Waals surface area contributed by atoms with E-state index < -0.39 is 54.6 Å². The van der Waals surface area contributed by atoms with Crippen LogP contribution >= 0.6 is 0 Å². The number of phenolic OH excluding ortho intramolecular Hbond substituents is 3. The van der Waals surface area contributed by atoms with Crippen LogP contribution in [0.3, 0.4) is 0 Å². The Labute approximate surface area is 180 Å². The van der Waals surface area contributed by atoms with Crippen molar-refractivity contribution in [1.29, 1.82) is 0 Å². The van der Waals surface area contributed by atoms with Crippen molar-refractivity contribution in [3.8, 4) is 28.7 Å². The van der Waals surface area contributed by atoms with Crippen LogP contribution in [0, 0.1) is 0 Å². The van der Waals surface area contributed by atoms with Gasteiger partial charge in [0.25, 0.3) is 0 Å². The summed E-state index contributed by atoms with van der Waals surface area (Å²) in [7, 11) is 0. The molecule has 5 atom stereocenters. The smallest absolute Gasteiger partial charge is 0.232 e. The molecule has 2 aliphatic rings. The molecule has 0 aliphatic carbocycles. The monoisotopic (exact) mass is 448 g/mol. The second-order valence-corrected chi connectivity index (χ2v) is 7.29. The van der Waals surface area contributed by atoms with E-state index in [9.17, 15) is 40.5 Å². The number of phenols is 3. The molecule has 2 heterocycles. The van der Waals surface area contributed by atoms with Crippen molar-refractivity contribution in [2.75, 3.05) is 6.61 Å². The lowest BCUT2D eigenvalue weighted by atomic mass is 9.99. The maximum atomic E-state index is 12.7. The van der Waals surface area contributed by atoms with Crippen LogP contribution in [0.15, 0.2) is 36.1 Å². The van der Waals surface area contributed by atoms with Crippen molar-refractivity contribution in [1.82, 2.24) is 0 Å². The summed E-state index contributed by atoms with van der Waals surface area (Å²) < 4.78 is 16.3. The van der Waals surface area contributed by atoms with Gasteiger partial charge in [-0.2, -0.15) is 0 Å². The average Bonchev–Trinajstić information content (AvgIpc) is 3.08. The van der Waals surface area contributed by atoms with Gasteiger partial charge in [-0.15, -0.1) is 0 Å². The molecule has 0 amide bonds. The van der Waals surface area contributed by atoms with E-state index in [4.69, 9.17) is 14.2 Å². The minimum absolute atomic E-state index is 0.0247. The van der Waals surface area contributed by atoms with Gasteiger partial charge in [0.15, 0.2) is 28.8 Å². The lowest BCUT2D eigenvalue weighted by molar-refractivity contribution is -0.277. The van der Waals surface area contributed by atoms with Crippen LogP contribution in [0.2, 0.25) is 0 Å². The van der Waals surface area contributed by atoms with Crippen LogP contribution in [-0.2, 0) is 4.74 Å². The van der Waals surface area contributed by atoms with E-state index in [-0.39, 0.29) is 28.6 Å². The van der Waals surface area contributed by atoms with Gasteiger partial charge in [-0.25, -0.2) is 0 Å². The van der Waals surface area contributed by atoms with Crippen molar-refractivity contribution >= 4 is 11.9 Å². The van der Waals surface area contributed by atoms with Crippen LogP contribution in [0.1, 0.15) is 15.9 Å². The Balaban J connectivity index is 1.65. The summed E-state index contributed by atoms with van der Waals surface area (Å²) in [6.07, 6.45) is -6.59. The van der Waals surface area contributed by atoms with Gasteiger partial charge in [-0.1, -0.05) is 6.07 Å². The molecule has 2 unspecified atom stereocenters. The van der Waals surface area contributed by atoms with Gasteiger partial charge < -0.3 is 50.0 Å². The lowest BCUT2D eigenvalue weighted by Gasteiger charge is -2.39. The SMILES string of the molecule is O=C1/C(=C/c2ccc(O)c(O)c2)Oc2c1ccc(O)c2O[C@@H]1OC(CO)[C@@H](O)[C@H](O)C1O. The number of allylic oxidation sites excluding steroid dienone is 1. The van der Waals surface area contributed by atoms with Crippen molar-refractivity contribution in [2.24, 2.45) is 0 Å². The first-order valence-corrected chi connectivity index (χ1v) is 9.50. The summed E-state index contributed by atoms with van der Waals surface area (Å²) in [4.78, 5) is 12.7. The zero-order valence-corrected chi connectivity index (χ0v) is 16.3. The number of carbonyl (C=O) groups excluding carboxylic acids is 1. The number of hydrogen-bond donors (Lipinski definition) is 7. The fraction of sp³-hybridized carbons (Fsp3) is 0.286. The number of aromatic hydroxyl groups is 3. The Bertz CT molecular complexity index is 1080. The molecule has 0 saturated carbocycles. The van der Waals surface area contributed by atoms with Crippen molar-refractivity contribution in [3.05, 3.63) is 47.2 Å². The fourth-order valence-electron chi connectivity index (χ4n) is 3.39. The molecule has 0 radical (unpaired) electrons. The Morgan fingerprint density at radius 1 is 0.938 bits per heavy atom. The summed E-state index contributed by atoms with van der Waals surface area (Å²) in [5, 5.41) is 68.6. The minimum Gasteiger partial charge on any atom is -0.504 e. The van der Waals surface area contributed by atoms with Crippen LogP contribution in [0.5, 0.6) is 28.7 Å². The summed E-state index contributed by atoms with van der Waals surface area (Å²) in [5.41, 5.74) is 0.369. The summed E-state index contributed by atoms with van der Waals surface area (Å²) in [6.45, 7) is -0.676. The molecule has 11 heteroatoms. The van der Waals surface area contributed by atoms with E-state index in [1.165, 1.54) is 30.3 Å². The van der Waals surface area contributed by atoms with Gasteiger partial charge in [0.1, 0.15) is 24.4 Å². The molecule has 0 aromatic heterocycles. The third-order valence-electron chi connectivity index (χ3n) is 5.15. The molecule has 1 fully saturated rings. The topological polar surface area (TPSA) is 186 Å². The Kier molecular flexibility index (Phi) is 5.67. The summed E-state index contributed by atoms with van der Waals surface area (Å²) in [5.74, 6) is -2.48. The third-order valence-corrected chi connectivity index (χ3v) is 5.15. The van der Waals surface area contributed by atoms with Crippen molar-refractivity contribution in [3.63, 3.8) is 0 Å². The van der Waals surface area contributed by atoms with Gasteiger partial charge in [-0.3, -0.25) is 4.79 Å². The molecular formula is C21H20O11. The molecule has 4 rings (SSSR count). The minimum atomic E-state index is -1.74. The van der Waals surface area contributed by atoms with E-state index in [1.807, 2.05) is 0 Å². The van der Waals surface area contributed by atoms with E-state index in [0.717, 1.165) is 6.07 Å². The zero-order chi connectivity index (χ0) is 23.2. The number of ketones is 1. The summed E-state index contributed by atoms with van der Waals surface area (Å²) in [6, 6.07) is 6.33. The maximum absolute atomic E-state index is 12.7. The van der Waals surface area contributed by atoms with Gasteiger partial charge in [0, 0.05) is 0 Å². The largest absolute Gasteiger partial charge is 0.504 e. The molecule has 7 N–H and O–H groups in total. The van der Waals surface area contributed by atoms with Crippen molar-refractivity contribution < 1.29 is 54.8 Å². The van der Waals surface area contributed by atoms with E-state index in [0.29, 0.717) is 5.56 Å². The summed E-state index contributed by atoms with van der Waals surface area (Å²) >= 11 is 0. The number of fused-ring (bicyclic) bond motifs is 1. The molecular weight excluding hydrogens is 428 g/mol. The second kappa shape index (κ2) is 8.30. The highest BCUT2D eigenvalue weighted by Crippen LogP contribution is 2.46. The number of rotatable bonds is 4. The fourth-order valence-corrected chi connectivity index (χ4v) is 3.39. The first kappa shape index (κ1) is 21.9. The molecule has 2 aromatic carbocycles. The predicted molar refractivity (Wildman–Crippen MR) is 105 cm³/mol. The average molecular weight is 448 g/mol. The van der Waals surface area contributed by atoms with Crippen LogP contribution in [0.25, 0.3) is 6.08 Å². The van der Waals surface area contributed by atoms with Gasteiger partial charge >= 0.3 is 0 Å². The number of aliphatic hydroxyl groups excluding tert-OH is 4. The Hall–Kier alpha value is -3.35. The number of hydrogen-bond acceptors (Lipinski definition) is 11. The van der Waals surface area contributed by atoms with Crippen molar-refractivity contribution in [2.45, 2.75) is 30.7 Å². The van der Waals surface area contributed by atoms with Gasteiger partial charge in [-0.05, 0) is 35.9 Å². The molecule has 2 aromatic rings. The van der Waals surface area contributed by atoms with E-state index in [2.05, 4.69) is 0 Å². The standard InChI is InChI=1S/C21H20O11/c22-7-14-16(27)17(28)18(29)21(31-14)32-20-11(24)4-2-9-15(26)13(30-19(9)20)6-8-1-3-10(23)12(25)5-8/h1-6,14,16-18,21-25,27-29H,7H2/b13-6-/t14?,16-,17+,18?,21+/m1/s1. The number of Topliss-reactive ketones (excluding diaryl/α,β-unsaturated/α-hetero) is 1. The quantitative estimate of drug-likeness (QED) is 0.238. The van der Waals surface area contributed by atoms with Crippen LogP contribution in [0.4, 0.5) is 0 Å². The molecule has 2 aliphatic heterocycles. The normalized spacial score (nSPS) is 28.4. The van der Waals surface area contributed by atoms with Crippen LogP contribution in [-0.4, -0.2) is 78.8 Å². The zero-order valence-electron chi connectivity index (χ0n) is 16.3. The molecule has 1 saturated heterocycles. The number of carbonyl (C=O) groups is 1. The molecule has 0 bridgehead atoms. The number of benzene rings is 2. The molecule has 11 nitrogen and oxygen atoms in total. The van der Waals surface area contributed by atoms with Gasteiger partial charge in [0.05, 0.1) is 12.2 Å². The molecule has 0 spiro atoms. The highest BCUT2D eigenvalue weighted by atomic mass is 16.7. The van der Waals surface area contributed by atoms with Crippen LogP contribution < -0.4 is 9.47 Å². The van der Waals surface area contributed by atoms with Gasteiger partial charge in [0.2, 0.25) is 17.8 Å². The first-order valence-electron chi connectivity index (χ1n) is 9.50. The third kappa shape index (κ3) is 3.72. The molecule has 32 heavy (non-hydrogen) atoms.